The van der Waals surface area contributed by atoms with Gasteiger partial charge >= 0.3 is 0 Å². The van der Waals surface area contributed by atoms with Gasteiger partial charge in [0.05, 0.1) is 11.3 Å². The molecule has 2 amide bonds. The molecule has 0 aromatic heterocycles. The number of hydrogen-bond acceptors (Lipinski definition) is 4. The summed E-state index contributed by atoms with van der Waals surface area (Å²) in [5.41, 5.74) is 1.85. The first-order valence-corrected chi connectivity index (χ1v) is 10.6. The molecular formula is C23H31N3O3. The number of nitrogens with zero attached hydrogens (tertiary/aromatic N) is 2. The van der Waals surface area contributed by atoms with E-state index in [0.717, 1.165) is 43.2 Å². The molecular weight excluding hydrogens is 366 g/mol. The third-order valence-corrected chi connectivity index (χ3v) is 5.60. The van der Waals surface area contributed by atoms with Crippen molar-refractivity contribution in [2.24, 2.45) is 10.9 Å². The van der Waals surface area contributed by atoms with Crippen LogP contribution in [0.1, 0.15) is 57.6 Å². The minimum absolute atomic E-state index is 0.297. The third kappa shape index (κ3) is 4.74. The predicted octanol–water partition coefficient (Wildman–Crippen LogP) is 2.53. The van der Waals surface area contributed by atoms with Crippen LogP contribution < -0.4 is 5.32 Å². The van der Waals surface area contributed by atoms with Gasteiger partial charge < -0.3 is 10.2 Å². The van der Waals surface area contributed by atoms with E-state index in [0.29, 0.717) is 25.3 Å². The summed E-state index contributed by atoms with van der Waals surface area (Å²) in [6, 6.07) is 7.75. The SMILES string of the molecule is CCNC(=O)C(=O)[C@@H](C(=O)N1CCCCCC1)C1=NC(C)(C)Cc2ccccc21. The Kier molecular flexibility index (Phi) is 6.50. The van der Waals surface area contributed by atoms with E-state index in [4.69, 9.17) is 4.99 Å². The number of benzene rings is 1. The first-order chi connectivity index (χ1) is 13.8. The highest BCUT2D eigenvalue weighted by atomic mass is 16.2. The largest absolute Gasteiger partial charge is 0.350 e. The van der Waals surface area contributed by atoms with Crippen LogP contribution in [0, 0.1) is 5.92 Å². The molecule has 1 saturated heterocycles. The lowest BCUT2D eigenvalue weighted by atomic mass is 9.81. The van der Waals surface area contributed by atoms with Gasteiger partial charge in [-0.2, -0.15) is 0 Å². The molecule has 3 rings (SSSR count). The molecule has 29 heavy (non-hydrogen) atoms. The quantitative estimate of drug-likeness (QED) is 0.613. The van der Waals surface area contributed by atoms with Crippen molar-refractivity contribution in [2.45, 2.75) is 58.4 Å². The zero-order valence-corrected chi connectivity index (χ0v) is 17.7. The van der Waals surface area contributed by atoms with E-state index in [9.17, 15) is 14.4 Å². The number of likely N-dealkylation sites (tertiary alicyclic amines) is 1. The Bertz CT molecular complexity index is 820. The fraction of sp³-hybridized carbons (Fsp3) is 0.565. The van der Waals surface area contributed by atoms with Gasteiger partial charge in [-0.15, -0.1) is 0 Å². The average Bonchev–Trinajstić information content (AvgIpc) is 2.96. The Morgan fingerprint density at radius 2 is 1.76 bits per heavy atom. The minimum Gasteiger partial charge on any atom is -0.350 e. The number of hydrogen-bond donors (Lipinski definition) is 1. The highest BCUT2D eigenvalue weighted by molar-refractivity contribution is 6.47. The number of carbonyl (C=O) groups excluding carboxylic acids is 3. The summed E-state index contributed by atoms with van der Waals surface area (Å²) in [6.45, 7) is 7.32. The molecule has 0 saturated carbocycles. The summed E-state index contributed by atoms with van der Waals surface area (Å²) in [6.07, 6.45) is 4.72. The Morgan fingerprint density at radius 3 is 2.41 bits per heavy atom. The molecule has 1 N–H and O–H groups in total. The van der Waals surface area contributed by atoms with Gasteiger partial charge in [-0.05, 0) is 45.6 Å². The lowest BCUT2D eigenvalue weighted by Crippen LogP contribution is -2.50. The zero-order valence-electron chi connectivity index (χ0n) is 17.7. The van der Waals surface area contributed by atoms with Gasteiger partial charge in [0.2, 0.25) is 11.7 Å². The summed E-state index contributed by atoms with van der Waals surface area (Å²) >= 11 is 0. The fourth-order valence-corrected chi connectivity index (χ4v) is 4.24. The van der Waals surface area contributed by atoms with Crippen molar-refractivity contribution in [2.75, 3.05) is 19.6 Å². The van der Waals surface area contributed by atoms with Crippen LogP contribution in [-0.2, 0) is 20.8 Å². The Balaban J connectivity index is 2.06. The number of nitrogens with one attached hydrogen (secondary N) is 1. The molecule has 1 atom stereocenters. The van der Waals surface area contributed by atoms with E-state index in [1.807, 2.05) is 38.1 Å². The van der Waals surface area contributed by atoms with Crippen molar-refractivity contribution < 1.29 is 14.4 Å². The minimum atomic E-state index is -1.19. The zero-order chi connectivity index (χ0) is 21.0. The lowest BCUT2D eigenvalue weighted by molar-refractivity contribution is -0.145. The number of Topliss-reactive ketones (excluding diaryl/α,β-unsaturated/α-hetero) is 1. The molecule has 6 heteroatoms. The monoisotopic (exact) mass is 397 g/mol. The molecule has 0 bridgehead atoms. The van der Waals surface area contributed by atoms with Crippen molar-refractivity contribution >= 4 is 23.3 Å². The van der Waals surface area contributed by atoms with Crippen LogP contribution in [0.25, 0.3) is 0 Å². The maximum absolute atomic E-state index is 13.6. The number of carbonyl (C=O) groups is 3. The molecule has 0 aliphatic carbocycles. The molecule has 2 aliphatic rings. The van der Waals surface area contributed by atoms with E-state index in [1.165, 1.54) is 0 Å². The Labute approximate surface area is 172 Å². The van der Waals surface area contributed by atoms with Crippen molar-refractivity contribution in [1.82, 2.24) is 10.2 Å². The van der Waals surface area contributed by atoms with Crippen LogP contribution in [-0.4, -0.2) is 53.4 Å². The second-order valence-corrected chi connectivity index (χ2v) is 8.54. The van der Waals surface area contributed by atoms with E-state index in [1.54, 1.807) is 11.8 Å². The topological polar surface area (TPSA) is 78.8 Å². The van der Waals surface area contributed by atoms with Crippen LogP contribution >= 0.6 is 0 Å². The number of rotatable bonds is 5. The molecule has 0 unspecified atom stereocenters. The molecule has 0 spiro atoms. The Morgan fingerprint density at radius 1 is 1.10 bits per heavy atom. The van der Waals surface area contributed by atoms with Gasteiger partial charge in [0, 0.05) is 25.2 Å². The summed E-state index contributed by atoms with van der Waals surface area (Å²) in [4.78, 5) is 45.8. The van der Waals surface area contributed by atoms with E-state index >= 15 is 0 Å². The lowest BCUT2D eigenvalue weighted by Gasteiger charge is -2.33. The van der Waals surface area contributed by atoms with Crippen molar-refractivity contribution in [3.05, 3.63) is 35.4 Å². The van der Waals surface area contributed by atoms with Gasteiger partial charge in [-0.3, -0.25) is 19.4 Å². The fourth-order valence-electron chi connectivity index (χ4n) is 4.24. The van der Waals surface area contributed by atoms with Gasteiger partial charge in [-0.25, -0.2) is 0 Å². The van der Waals surface area contributed by atoms with Crippen LogP contribution in [0.4, 0.5) is 0 Å². The first-order valence-electron chi connectivity index (χ1n) is 10.6. The molecule has 2 heterocycles. The number of amides is 2. The van der Waals surface area contributed by atoms with Crippen molar-refractivity contribution in [3.63, 3.8) is 0 Å². The van der Waals surface area contributed by atoms with Crippen LogP contribution in [0.5, 0.6) is 0 Å². The van der Waals surface area contributed by atoms with Crippen molar-refractivity contribution in [3.8, 4) is 0 Å². The summed E-state index contributed by atoms with van der Waals surface area (Å²) < 4.78 is 0. The molecule has 1 aromatic rings. The average molecular weight is 398 g/mol. The number of aliphatic imine (C=N–C) groups is 1. The van der Waals surface area contributed by atoms with E-state index in [-0.39, 0.29) is 5.91 Å². The Hall–Kier alpha value is -2.50. The summed E-state index contributed by atoms with van der Waals surface area (Å²) in [5.74, 6) is -2.92. The maximum atomic E-state index is 13.6. The van der Waals surface area contributed by atoms with E-state index in [2.05, 4.69) is 5.32 Å². The number of fused-ring (bicyclic) bond motifs is 1. The van der Waals surface area contributed by atoms with Gasteiger partial charge in [0.25, 0.3) is 5.91 Å². The second kappa shape index (κ2) is 8.89. The van der Waals surface area contributed by atoms with E-state index < -0.39 is 23.1 Å². The van der Waals surface area contributed by atoms with Crippen molar-refractivity contribution in [1.29, 1.82) is 0 Å². The van der Waals surface area contributed by atoms with Crippen LogP contribution in [0.3, 0.4) is 0 Å². The molecule has 6 nitrogen and oxygen atoms in total. The normalized spacial score (nSPS) is 19.4. The second-order valence-electron chi connectivity index (χ2n) is 8.54. The third-order valence-electron chi connectivity index (χ3n) is 5.60. The highest BCUT2D eigenvalue weighted by Crippen LogP contribution is 2.30. The highest BCUT2D eigenvalue weighted by Gasteiger charge is 2.42. The summed E-state index contributed by atoms with van der Waals surface area (Å²) in [5, 5.41) is 2.57. The maximum Gasteiger partial charge on any atom is 0.288 e. The van der Waals surface area contributed by atoms with Crippen LogP contribution in [0.2, 0.25) is 0 Å². The van der Waals surface area contributed by atoms with Gasteiger partial charge in [0.1, 0.15) is 5.92 Å². The predicted molar refractivity (Wildman–Crippen MR) is 113 cm³/mol. The molecule has 156 valence electrons. The van der Waals surface area contributed by atoms with Gasteiger partial charge in [0.15, 0.2) is 0 Å². The molecule has 2 aliphatic heterocycles. The molecule has 0 radical (unpaired) electrons. The number of likely N-dealkylation sites (N-methyl/N-ethyl adjacent to an activating group) is 1. The van der Waals surface area contributed by atoms with Gasteiger partial charge in [-0.1, -0.05) is 37.1 Å². The summed E-state index contributed by atoms with van der Waals surface area (Å²) in [7, 11) is 0. The molecule has 1 fully saturated rings. The smallest absolute Gasteiger partial charge is 0.288 e. The number of ketones is 1. The van der Waals surface area contributed by atoms with Crippen LogP contribution in [0.15, 0.2) is 29.3 Å². The molecule has 1 aromatic carbocycles. The first kappa shape index (κ1) is 21.2. The standard InChI is InChI=1S/C23H31N3O3/c1-4-24-21(28)20(27)18(22(29)26-13-9-5-6-10-14-26)19-17-12-8-7-11-16(17)15-23(2,3)25-19/h7-8,11-12,18H,4-6,9-10,13-15H2,1-3H3,(H,24,28)/t18-/m0/s1.